The van der Waals surface area contributed by atoms with E-state index < -0.39 is 5.67 Å². The molecule has 1 atom stereocenters. The molecule has 5 nitrogen and oxygen atoms in total. The minimum Gasteiger partial charge on any atom is -0.343 e. The number of alkyl halides is 1. The molecule has 2 aromatic heterocycles. The Morgan fingerprint density at radius 1 is 1.09 bits per heavy atom. The highest BCUT2D eigenvalue weighted by Gasteiger charge is 2.25. The van der Waals surface area contributed by atoms with Crippen LogP contribution in [0.2, 0.25) is 0 Å². The van der Waals surface area contributed by atoms with Crippen LogP contribution in [0.15, 0.2) is 90.4 Å². The Bertz CT molecular complexity index is 1430. The van der Waals surface area contributed by atoms with E-state index in [-0.39, 0.29) is 12.3 Å². The van der Waals surface area contributed by atoms with E-state index in [0.717, 1.165) is 33.3 Å². The Morgan fingerprint density at radius 3 is 2.73 bits per heavy atom. The van der Waals surface area contributed by atoms with Gasteiger partial charge >= 0.3 is 0 Å². The van der Waals surface area contributed by atoms with Gasteiger partial charge in [-0.05, 0) is 55.2 Å². The van der Waals surface area contributed by atoms with E-state index in [1.165, 1.54) is 13.0 Å². The van der Waals surface area contributed by atoms with Crippen molar-refractivity contribution in [1.29, 1.82) is 0 Å². The summed E-state index contributed by atoms with van der Waals surface area (Å²) in [5.41, 5.74) is 2.86. The number of carbonyl (C=O) groups is 1. The summed E-state index contributed by atoms with van der Waals surface area (Å²) in [5, 5.41) is 5.06. The fourth-order valence-corrected chi connectivity index (χ4v) is 4.05. The molecule has 2 heterocycles. The minimum atomic E-state index is -1.38. The zero-order valence-electron chi connectivity index (χ0n) is 18.4. The van der Waals surface area contributed by atoms with Crippen molar-refractivity contribution in [2.75, 3.05) is 0 Å². The predicted molar refractivity (Wildman–Crippen MR) is 128 cm³/mol. The number of amides is 1. The Hall–Kier alpha value is -4.06. The van der Waals surface area contributed by atoms with E-state index in [9.17, 15) is 9.18 Å². The number of pyridine rings is 1. The van der Waals surface area contributed by atoms with E-state index in [2.05, 4.69) is 20.3 Å². The number of fused-ring (bicyclic) bond motifs is 1. The minimum absolute atomic E-state index is 0.245. The molecule has 1 amide bonds. The monoisotopic (exact) mass is 438 g/mol. The van der Waals surface area contributed by atoms with Crippen molar-refractivity contribution >= 4 is 16.7 Å². The van der Waals surface area contributed by atoms with Crippen LogP contribution in [0, 0.1) is 0 Å². The smallest absolute Gasteiger partial charge is 0.255 e. The topological polar surface area (TPSA) is 70.7 Å². The van der Waals surface area contributed by atoms with Gasteiger partial charge in [-0.15, -0.1) is 0 Å². The zero-order chi connectivity index (χ0) is 23.0. The number of benzene rings is 2. The lowest BCUT2D eigenvalue weighted by atomic mass is 9.92. The van der Waals surface area contributed by atoms with E-state index in [1.807, 2.05) is 61.8 Å². The molecule has 1 aliphatic rings. The van der Waals surface area contributed by atoms with Gasteiger partial charge < -0.3 is 10.3 Å². The number of allylic oxidation sites excluding steroid dienone is 3. The molecule has 164 valence electrons. The second-order valence-corrected chi connectivity index (χ2v) is 8.57. The van der Waals surface area contributed by atoms with Crippen molar-refractivity contribution in [2.45, 2.75) is 25.9 Å². The third kappa shape index (κ3) is 4.32. The number of hydrogen-bond acceptors (Lipinski definition) is 3. The molecule has 0 saturated heterocycles. The molecule has 0 bridgehead atoms. The highest BCUT2D eigenvalue weighted by atomic mass is 19.1. The average Bonchev–Trinajstić information content (AvgIpc) is 3.31. The van der Waals surface area contributed by atoms with Gasteiger partial charge in [-0.3, -0.25) is 9.78 Å². The summed E-state index contributed by atoms with van der Waals surface area (Å²) in [6.45, 7) is 3.36. The lowest BCUT2D eigenvalue weighted by molar-refractivity contribution is 0.0965. The third-order valence-electron chi connectivity index (χ3n) is 5.79. The van der Waals surface area contributed by atoms with Crippen LogP contribution in [0.3, 0.4) is 0 Å². The number of carbonyl (C=O) groups excluding carboxylic acids is 1. The maximum atomic E-state index is 14.1. The number of imidazole rings is 1. The van der Waals surface area contributed by atoms with E-state index in [4.69, 9.17) is 0 Å². The first kappa shape index (κ1) is 20.8. The van der Waals surface area contributed by atoms with Gasteiger partial charge in [-0.25, -0.2) is 9.37 Å². The maximum absolute atomic E-state index is 14.1. The predicted octanol–water partition coefficient (Wildman–Crippen LogP) is 5.98. The lowest BCUT2D eigenvalue weighted by Crippen LogP contribution is -2.27. The quantitative estimate of drug-likeness (QED) is 0.412. The van der Waals surface area contributed by atoms with Crippen molar-refractivity contribution in [3.63, 3.8) is 0 Å². The third-order valence-corrected chi connectivity index (χ3v) is 5.79. The summed E-state index contributed by atoms with van der Waals surface area (Å²) >= 11 is 0. The van der Waals surface area contributed by atoms with Gasteiger partial charge in [0.05, 0.1) is 5.69 Å². The van der Waals surface area contributed by atoms with Crippen molar-refractivity contribution in [3.8, 4) is 22.8 Å². The van der Waals surface area contributed by atoms with Gasteiger partial charge in [-0.2, -0.15) is 0 Å². The summed E-state index contributed by atoms with van der Waals surface area (Å²) in [6, 6.07) is 17.3. The molecular formula is C27H23FN4O. The normalized spacial score (nSPS) is 18.0. The van der Waals surface area contributed by atoms with Gasteiger partial charge in [0.2, 0.25) is 0 Å². The number of halogens is 1. The van der Waals surface area contributed by atoms with E-state index in [1.54, 1.807) is 18.2 Å². The molecule has 6 heteroatoms. The van der Waals surface area contributed by atoms with Crippen LogP contribution in [-0.4, -0.2) is 26.5 Å². The second-order valence-electron chi connectivity index (χ2n) is 8.57. The molecule has 2 N–H and O–H groups in total. The average molecular weight is 439 g/mol. The van der Waals surface area contributed by atoms with Gasteiger partial charge in [0.25, 0.3) is 5.91 Å². The molecule has 1 aliphatic carbocycles. The maximum Gasteiger partial charge on any atom is 0.255 e. The molecule has 2 aromatic carbocycles. The number of rotatable bonds is 4. The fraction of sp³-hybridized carbons (Fsp3) is 0.148. The van der Waals surface area contributed by atoms with E-state index in [0.29, 0.717) is 17.1 Å². The summed E-state index contributed by atoms with van der Waals surface area (Å²) < 4.78 is 14.1. The molecular weight excluding hydrogens is 415 g/mol. The van der Waals surface area contributed by atoms with E-state index >= 15 is 0 Å². The molecule has 0 saturated carbocycles. The molecule has 33 heavy (non-hydrogen) atoms. The molecule has 5 rings (SSSR count). The lowest BCUT2D eigenvalue weighted by Gasteiger charge is -2.23. The van der Waals surface area contributed by atoms with Crippen LogP contribution < -0.4 is 5.32 Å². The zero-order valence-corrected chi connectivity index (χ0v) is 18.4. The second kappa shape index (κ2) is 8.13. The summed E-state index contributed by atoms with van der Waals surface area (Å²) in [4.78, 5) is 25.2. The number of H-pyrrole nitrogens is 1. The standard InChI is InChI=1S/C27H23FN4O/c1-17-14-27(2,28)11-10-22(17)32-26(33)20-9-5-8-19(12-20)24-16-30-25(31-24)23-13-18-6-3-4-7-21(18)15-29-23/h3-13,15-16H,14H2,1-2H3,(H,30,31)(H,32,33). The van der Waals surface area contributed by atoms with Gasteiger partial charge in [0.15, 0.2) is 5.82 Å². The Kier molecular flexibility index (Phi) is 5.13. The number of hydrogen-bond donors (Lipinski definition) is 2. The highest BCUT2D eigenvalue weighted by molar-refractivity contribution is 5.96. The van der Waals surface area contributed by atoms with Crippen molar-refractivity contribution < 1.29 is 9.18 Å². The first-order chi connectivity index (χ1) is 15.9. The van der Waals surface area contributed by atoms with Crippen LogP contribution in [0.1, 0.15) is 30.6 Å². The number of aromatic nitrogens is 3. The molecule has 0 spiro atoms. The Balaban J connectivity index is 1.38. The Labute approximate surface area is 191 Å². The summed E-state index contributed by atoms with van der Waals surface area (Å²) in [6.07, 6.45) is 7.02. The molecule has 4 aromatic rings. The Morgan fingerprint density at radius 2 is 1.91 bits per heavy atom. The molecule has 0 fully saturated rings. The summed E-state index contributed by atoms with van der Waals surface area (Å²) in [7, 11) is 0. The number of nitrogens with one attached hydrogen (secondary N) is 2. The first-order valence-electron chi connectivity index (χ1n) is 10.8. The van der Waals surface area contributed by atoms with Gasteiger partial charge in [0.1, 0.15) is 11.4 Å². The summed E-state index contributed by atoms with van der Waals surface area (Å²) in [5.74, 6) is 0.415. The van der Waals surface area contributed by atoms with Crippen LogP contribution in [0.25, 0.3) is 33.5 Å². The highest BCUT2D eigenvalue weighted by Crippen LogP contribution is 2.29. The number of aromatic amines is 1. The first-order valence-corrected chi connectivity index (χ1v) is 10.8. The van der Waals surface area contributed by atoms with Gasteiger partial charge in [-0.1, -0.05) is 36.4 Å². The largest absolute Gasteiger partial charge is 0.343 e. The van der Waals surface area contributed by atoms with Crippen molar-refractivity contribution in [1.82, 2.24) is 20.3 Å². The van der Waals surface area contributed by atoms with Crippen LogP contribution >= 0.6 is 0 Å². The SMILES string of the molecule is CC1=C(NC(=O)c2cccc(-c3c[nH]c(-c4cc5ccccc5cn4)n3)c2)C=CC(C)(F)C1. The van der Waals surface area contributed by atoms with Gasteiger partial charge in [0, 0.05) is 41.0 Å². The molecule has 0 radical (unpaired) electrons. The van der Waals surface area contributed by atoms with Crippen molar-refractivity contribution in [2.24, 2.45) is 0 Å². The fourth-order valence-electron chi connectivity index (χ4n) is 4.05. The van der Waals surface area contributed by atoms with Crippen molar-refractivity contribution in [3.05, 3.63) is 96.0 Å². The number of nitrogens with zero attached hydrogens (tertiary/aromatic N) is 2. The van der Waals surface area contributed by atoms with Crippen LogP contribution in [-0.2, 0) is 0 Å². The molecule has 1 unspecified atom stereocenters. The van der Waals surface area contributed by atoms with Crippen LogP contribution in [0.5, 0.6) is 0 Å². The molecule has 0 aliphatic heterocycles. The van der Waals surface area contributed by atoms with Crippen LogP contribution in [0.4, 0.5) is 4.39 Å².